The summed E-state index contributed by atoms with van der Waals surface area (Å²) >= 11 is 0. The summed E-state index contributed by atoms with van der Waals surface area (Å²) in [5.41, 5.74) is 7.22. The van der Waals surface area contributed by atoms with Crippen molar-refractivity contribution < 1.29 is 4.79 Å². The van der Waals surface area contributed by atoms with Gasteiger partial charge in [-0.3, -0.25) is 4.79 Å². The molecule has 0 saturated heterocycles. The van der Waals surface area contributed by atoms with Crippen molar-refractivity contribution in [2.24, 2.45) is 5.73 Å². The Labute approximate surface area is 78.1 Å². The average Bonchev–Trinajstić information content (AvgIpc) is 1.99. The summed E-state index contributed by atoms with van der Waals surface area (Å²) in [6, 6.07) is 0. The monoisotopic (exact) mass is 181 g/mol. The molecule has 0 aromatic rings. The minimum Gasteiger partial charge on any atom is -0.378 e. The van der Waals surface area contributed by atoms with Crippen LogP contribution in [0.5, 0.6) is 0 Å². The number of likely N-dealkylation sites (N-methyl/N-ethyl adjacent to an activating group) is 1. The van der Waals surface area contributed by atoms with E-state index in [0.29, 0.717) is 0 Å². The van der Waals surface area contributed by atoms with Gasteiger partial charge >= 0.3 is 0 Å². The molecule has 0 radical (unpaired) electrons. The average molecular weight is 181 g/mol. The number of rotatable bonds is 3. The molecule has 0 unspecified atom stereocenters. The number of allylic oxidation sites excluding steroid dienone is 2. The summed E-state index contributed by atoms with van der Waals surface area (Å²) in [4.78, 5) is 12.6. The summed E-state index contributed by atoms with van der Waals surface area (Å²) in [6.45, 7) is 3.01. The van der Waals surface area contributed by atoms with E-state index in [1.54, 1.807) is 0 Å². The van der Waals surface area contributed by atoms with Crippen molar-refractivity contribution in [3.63, 3.8) is 0 Å². The topological polar surface area (TPSA) is 58.4 Å². The van der Waals surface area contributed by atoms with E-state index in [2.05, 4.69) is 16.4 Å². The van der Waals surface area contributed by atoms with E-state index < -0.39 is 0 Å². The first-order chi connectivity index (χ1) is 6.08. The Balaban J connectivity index is 2.51. The summed E-state index contributed by atoms with van der Waals surface area (Å²) in [5.74, 6) is -0.337. The lowest BCUT2D eigenvalue weighted by molar-refractivity contribution is -0.117. The molecule has 4 heteroatoms. The number of nitrogens with zero attached hydrogens (tertiary/aromatic N) is 1. The van der Waals surface area contributed by atoms with E-state index >= 15 is 0 Å². The number of amides is 1. The third-order valence-corrected chi connectivity index (χ3v) is 1.74. The zero-order valence-corrected chi connectivity index (χ0v) is 8.00. The molecule has 1 aliphatic heterocycles. The lowest BCUT2D eigenvalue weighted by atomic mass is 10.2. The Kier molecular flexibility index (Phi) is 2.95. The van der Waals surface area contributed by atoms with Crippen LogP contribution in [0, 0.1) is 0 Å². The van der Waals surface area contributed by atoms with Crippen molar-refractivity contribution in [2.45, 2.75) is 6.92 Å². The molecule has 0 atom stereocenters. The number of carbonyl (C=O) groups excluding carboxylic acids is 1. The zero-order valence-electron chi connectivity index (χ0n) is 8.00. The Morgan fingerprint density at radius 2 is 2.46 bits per heavy atom. The smallest absolute Gasteiger partial charge is 0.236 e. The summed E-state index contributed by atoms with van der Waals surface area (Å²) < 4.78 is 0. The van der Waals surface area contributed by atoms with Crippen molar-refractivity contribution >= 4 is 5.91 Å². The van der Waals surface area contributed by atoms with Crippen LogP contribution in [0.15, 0.2) is 23.5 Å². The van der Waals surface area contributed by atoms with E-state index in [9.17, 15) is 4.79 Å². The minimum atomic E-state index is -0.337. The molecule has 0 aromatic heterocycles. The van der Waals surface area contributed by atoms with Crippen LogP contribution in [-0.2, 0) is 4.79 Å². The second-order valence-corrected chi connectivity index (χ2v) is 3.28. The first-order valence-electron chi connectivity index (χ1n) is 4.19. The van der Waals surface area contributed by atoms with E-state index in [1.165, 1.54) is 5.57 Å². The highest BCUT2D eigenvalue weighted by atomic mass is 16.1. The van der Waals surface area contributed by atoms with Crippen LogP contribution in [-0.4, -0.2) is 30.9 Å². The van der Waals surface area contributed by atoms with Gasteiger partial charge in [-0.05, 0) is 18.6 Å². The van der Waals surface area contributed by atoms with Crippen LogP contribution in [0.3, 0.4) is 0 Å². The molecule has 0 aliphatic carbocycles. The van der Waals surface area contributed by atoms with E-state index in [1.807, 2.05) is 20.0 Å². The molecular formula is C9H15N3O. The predicted octanol–water partition coefficient (Wildman–Crippen LogP) is -0.206. The molecule has 1 aliphatic rings. The number of primary amides is 1. The van der Waals surface area contributed by atoms with Crippen molar-refractivity contribution in [1.82, 2.24) is 10.2 Å². The third kappa shape index (κ3) is 3.19. The van der Waals surface area contributed by atoms with Crippen molar-refractivity contribution in [3.8, 4) is 0 Å². The quantitative estimate of drug-likeness (QED) is 0.633. The Hall–Kier alpha value is -1.45. The van der Waals surface area contributed by atoms with Crippen molar-refractivity contribution in [1.29, 1.82) is 0 Å². The fourth-order valence-electron chi connectivity index (χ4n) is 1.33. The maximum Gasteiger partial charge on any atom is 0.236 e. The molecule has 0 spiro atoms. The maximum atomic E-state index is 10.5. The van der Waals surface area contributed by atoms with Crippen LogP contribution in [0.4, 0.5) is 0 Å². The Morgan fingerprint density at radius 1 is 1.77 bits per heavy atom. The van der Waals surface area contributed by atoms with Gasteiger partial charge in [0.15, 0.2) is 0 Å². The van der Waals surface area contributed by atoms with Gasteiger partial charge in [-0.1, -0.05) is 0 Å². The van der Waals surface area contributed by atoms with Gasteiger partial charge in [-0.25, -0.2) is 0 Å². The summed E-state index contributed by atoms with van der Waals surface area (Å²) in [6.07, 6.45) is 4.07. The molecule has 72 valence electrons. The van der Waals surface area contributed by atoms with Gasteiger partial charge in [-0.15, -0.1) is 0 Å². The van der Waals surface area contributed by atoms with Gasteiger partial charge in [0.25, 0.3) is 0 Å². The van der Waals surface area contributed by atoms with E-state index in [0.717, 1.165) is 12.2 Å². The van der Waals surface area contributed by atoms with E-state index in [4.69, 9.17) is 5.73 Å². The summed E-state index contributed by atoms with van der Waals surface area (Å²) in [5, 5.41) is 2.99. The second kappa shape index (κ2) is 3.98. The first-order valence-corrected chi connectivity index (χ1v) is 4.19. The fourth-order valence-corrected chi connectivity index (χ4v) is 1.33. The molecule has 0 bridgehead atoms. The maximum absolute atomic E-state index is 10.5. The molecule has 0 fully saturated rings. The molecule has 1 rings (SSSR count). The number of hydrogen-bond acceptors (Lipinski definition) is 3. The van der Waals surface area contributed by atoms with Crippen molar-refractivity contribution in [2.75, 3.05) is 20.1 Å². The Morgan fingerprint density at radius 3 is 3.00 bits per heavy atom. The molecule has 1 amide bonds. The van der Waals surface area contributed by atoms with E-state index in [-0.39, 0.29) is 12.5 Å². The van der Waals surface area contributed by atoms with Crippen LogP contribution in [0.25, 0.3) is 0 Å². The van der Waals surface area contributed by atoms with Crippen LogP contribution < -0.4 is 11.1 Å². The normalized spacial score (nSPS) is 16.3. The zero-order chi connectivity index (χ0) is 9.84. The lowest BCUT2D eigenvalue weighted by Gasteiger charge is -2.22. The highest BCUT2D eigenvalue weighted by molar-refractivity contribution is 5.76. The predicted molar refractivity (Wildman–Crippen MR) is 51.7 cm³/mol. The number of carbonyl (C=O) groups is 1. The SMILES string of the molecule is CC1=CN(C)CC(NCC(N)=O)=C1. The molecule has 0 aromatic carbocycles. The minimum absolute atomic E-state index is 0.201. The molecule has 3 N–H and O–H groups in total. The summed E-state index contributed by atoms with van der Waals surface area (Å²) in [7, 11) is 1.99. The van der Waals surface area contributed by atoms with Crippen LogP contribution in [0.1, 0.15) is 6.92 Å². The van der Waals surface area contributed by atoms with Crippen LogP contribution in [0.2, 0.25) is 0 Å². The molecule has 1 heterocycles. The van der Waals surface area contributed by atoms with Gasteiger partial charge in [0.1, 0.15) is 0 Å². The Bertz CT molecular complexity index is 268. The highest BCUT2D eigenvalue weighted by Gasteiger charge is 2.06. The molecule has 0 saturated carbocycles. The number of nitrogens with one attached hydrogen (secondary N) is 1. The van der Waals surface area contributed by atoms with Crippen LogP contribution >= 0.6 is 0 Å². The first kappa shape index (κ1) is 9.64. The standard InChI is InChI=1S/C9H15N3O/c1-7-3-8(6-12(2)5-7)11-4-9(10)13/h3,5,11H,4,6H2,1-2H3,(H2,10,13). The number of hydrogen-bond donors (Lipinski definition) is 2. The third-order valence-electron chi connectivity index (χ3n) is 1.74. The lowest BCUT2D eigenvalue weighted by Crippen LogP contribution is -2.33. The van der Waals surface area contributed by atoms with Gasteiger partial charge in [0.2, 0.25) is 5.91 Å². The highest BCUT2D eigenvalue weighted by Crippen LogP contribution is 2.08. The van der Waals surface area contributed by atoms with Gasteiger partial charge in [0, 0.05) is 18.9 Å². The molecular weight excluding hydrogens is 166 g/mol. The molecule has 13 heavy (non-hydrogen) atoms. The van der Waals surface area contributed by atoms with Gasteiger partial charge < -0.3 is 16.0 Å². The number of nitrogens with two attached hydrogens (primary N) is 1. The fraction of sp³-hybridized carbons (Fsp3) is 0.444. The largest absolute Gasteiger partial charge is 0.378 e. The van der Waals surface area contributed by atoms with Gasteiger partial charge in [-0.2, -0.15) is 0 Å². The second-order valence-electron chi connectivity index (χ2n) is 3.28. The molecule has 4 nitrogen and oxygen atoms in total. The van der Waals surface area contributed by atoms with Gasteiger partial charge in [0.05, 0.1) is 13.1 Å². The van der Waals surface area contributed by atoms with Crippen molar-refractivity contribution in [3.05, 3.63) is 23.5 Å².